The third-order valence-electron chi connectivity index (χ3n) is 5.69. The molecule has 170 valence electrons. The van der Waals surface area contributed by atoms with Crippen LogP contribution in [0.15, 0.2) is 90.3 Å². The molecule has 2 atom stereocenters. The van der Waals surface area contributed by atoms with E-state index in [0.29, 0.717) is 22.5 Å². The summed E-state index contributed by atoms with van der Waals surface area (Å²) in [6.07, 6.45) is 0. The van der Waals surface area contributed by atoms with Crippen LogP contribution in [0.5, 0.6) is 0 Å². The van der Waals surface area contributed by atoms with Crippen LogP contribution in [-0.2, 0) is 4.79 Å². The molecule has 3 aromatic rings. The van der Waals surface area contributed by atoms with Crippen LogP contribution in [0.2, 0.25) is 0 Å². The van der Waals surface area contributed by atoms with Gasteiger partial charge < -0.3 is 21.4 Å². The number of carbonyl (C=O) groups is 2. The van der Waals surface area contributed by atoms with E-state index < -0.39 is 29.6 Å². The molecule has 0 aromatic heterocycles. The van der Waals surface area contributed by atoms with Gasteiger partial charge in [-0.3, -0.25) is 9.59 Å². The highest BCUT2D eigenvalue weighted by Gasteiger charge is 2.40. The summed E-state index contributed by atoms with van der Waals surface area (Å²) in [4.78, 5) is 26.4. The van der Waals surface area contributed by atoms with E-state index in [1.165, 1.54) is 12.1 Å². The number of nitrogens with one attached hydrogen (secondary N) is 4. The molecule has 0 spiro atoms. The van der Waals surface area contributed by atoms with Gasteiger partial charge in [-0.1, -0.05) is 54.0 Å². The highest BCUT2D eigenvalue weighted by Crippen LogP contribution is 2.34. The van der Waals surface area contributed by atoms with Gasteiger partial charge in [-0.05, 0) is 42.8 Å². The van der Waals surface area contributed by atoms with Gasteiger partial charge in [0.15, 0.2) is 0 Å². The molecule has 0 bridgehead atoms. The Morgan fingerprint density at radius 1 is 1.03 bits per heavy atom. The van der Waals surface area contributed by atoms with Crippen molar-refractivity contribution < 1.29 is 14.0 Å². The Hall–Kier alpha value is -4.20. The minimum absolute atomic E-state index is 0.211. The fraction of sp³-hybridized carbons (Fsp3) is 0.115. The molecule has 6 nitrogen and oxygen atoms in total. The lowest BCUT2D eigenvalue weighted by Gasteiger charge is -2.36. The van der Waals surface area contributed by atoms with Gasteiger partial charge in [-0.15, -0.1) is 0 Å². The summed E-state index contributed by atoms with van der Waals surface area (Å²) in [6.45, 7) is 1.62. The lowest BCUT2D eigenvalue weighted by atomic mass is 9.79. The number of anilines is 1. The topological polar surface area (TPSA) is 94.1 Å². The second-order valence-corrected chi connectivity index (χ2v) is 8.24. The van der Waals surface area contributed by atoms with Crippen LogP contribution in [0, 0.1) is 11.2 Å². The van der Waals surface area contributed by atoms with E-state index in [4.69, 9.17) is 5.41 Å². The zero-order valence-corrected chi connectivity index (χ0v) is 18.9. The van der Waals surface area contributed by atoms with Gasteiger partial charge in [0.2, 0.25) is 5.91 Å². The third-order valence-corrected chi connectivity index (χ3v) is 5.69. The molecular formula is C26H24BFN4O2. The second-order valence-electron chi connectivity index (χ2n) is 8.24. The molecule has 0 aliphatic carbocycles. The molecule has 2 unspecified atom stereocenters. The summed E-state index contributed by atoms with van der Waals surface area (Å²) in [5.74, 6) is -1.59. The maximum atomic E-state index is 13.7. The van der Waals surface area contributed by atoms with Crippen molar-refractivity contribution in [2.24, 2.45) is 0 Å². The van der Waals surface area contributed by atoms with E-state index in [0.717, 1.165) is 11.2 Å². The summed E-state index contributed by atoms with van der Waals surface area (Å²) < 4.78 is 13.7. The van der Waals surface area contributed by atoms with Crippen molar-refractivity contribution in [1.29, 1.82) is 5.41 Å². The predicted molar refractivity (Wildman–Crippen MR) is 134 cm³/mol. The summed E-state index contributed by atoms with van der Waals surface area (Å²) in [7, 11) is 1.88. The fourth-order valence-corrected chi connectivity index (χ4v) is 4.12. The molecule has 4 N–H and O–H groups in total. The normalized spacial score (nSPS) is 17.6. The second kappa shape index (κ2) is 9.74. The smallest absolute Gasteiger partial charge is 0.251 e. The largest absolute Gasteiger partial charge is 0.341 e. The van der Waals surface area contributed by atoms with Crippen molar-refractivity contribution in [3.05, 3.63) is 107 Å². The number of hydrogen-bond donors (Lipinski definition) is 4. The Balaban J connectivity index is 1.79. The van der Waals surface area contributed by atoms with Gasteiger partial charge in [0.25, 0.3) is 5.91 Å². The van der Waals surface area contributed by atoms with Gasteiger partial charge in [0.05, 0.1) is 0 Å². The zero-order valence-electron chi connectivity index (χ0n) is 18.9. The third kappa shape index (κ3) is 4.91. The van der Waals surface area contributed by atoms with Gasteiger partial charge in [-0.2, -0.15) is 0 Å². The minimum atomic E-state index is -1.00. The van der Waals surface area contributed by atoms with Crippen LogP contribution < -0.4 is 21.4 Å². The molecule has 3 aromatic carbocycles. The average Bonchev–Trinajstić information content (AvgIpc) is 2.81. The predicted octanol–water partition coefficient (Wildman–Crippen LogP) is 2.46. The Morgan fingerprint density at radius 3 is 2.38 bits per heavy atom. The first-order valence-corrected chi connectivity index (χ1v) is 10.9. The molecule has 0 saturated heterocycles. The molecule has 0 saturated carbocycles. The van der Waals surface area contributed by atoms with Crippen molar-refractivity contribution in [2.75, 3.05) is 5.32 Å². The highest BCUT2D eigenvalue weighted by molar-refractivity contribution is 6.32. The van der Waals surface area contributed by atoms with Gasteiger partial charge in [-0.25, -0.2) is 4.39 Å². The number of rotatable bonds is 6. The number of carbonyl (C=O) groups excluding carboxylic acids is 2. The summed E-state index contributed by atoms with van der Waals surface area (Å²) in [6, 6.07) is 21.1. The molecule has 34 heavy (non-hydrogen) atoms. The van der Waals surface area contributed by atoms with E-state index in [1.807, 2.05) is 44.2 Å². The molecular weight excluding hydrogens is 430 g/mol. The Bertz CT molecular complexity index is 1280. The minimum Gasteiger partial charge on any atom is -0.341 e. The molecule has 1 aliphatic rings. The highest BCUT2D eigenvalue weighted by atomic mass is 19.1. The van der Waals surface area contributed by atoms with Gasteiger partial charge >= 0.3 is 0 Å². The van der Waals surface area contributed by atoms with E-state index >= 15 is 0 Å². The number of benzene rings is 3. The van der Waals surface area contributed by atoms with Crippen LogP contribution in [-0.4, -0.2) is 31.4 Å². The summed E-state index contributed by atoms with van der Waals surface area (Å²) in [5.41, 5.74) is 3.40. The van der Waals surface area contributed by atoms with Crippen molar-refractivity contribution in [3.8, 4) is 0 Å². The molecule has 0 fully saturated rings. The Kier molecular flexibility index (Phi) is 6.59. The van der Waals surface area contributed by atoms with Gasteiger partial charge in [0, 0.05) is 28.5 Å². The first-order chi connectivity index (χ1) is 16.3. The Labute approximate surface area is 198 Å². The maximum absolute atomic E-state index is 13.7. The molecule has 8 heteroatoms. The van der Waals surface area contributed by atoms with Crippen molar-refractivity contribution in [1.82, 2.24) is 10.6 Å². The van der Waals surface area contributed by atoms with E-state index in [9.17, 15) is 14.0 Å². The SMILES string of the molecule is Bc1cccc(C(=O)NC2C(=O)NC(Nc3ccccc3)=C(C(C)=N)C2c2ccc(F)cc2)c1. The van der Waals surface area contributed by atoms with Crippen LogP contribution in [0.1, 0.15) is 28.8 Å². The van der Waals surface area contributed by atoms with Crippen molar-refractivity contribution in [2.45, 2.75) is 18.9 Å². The molecule has 2 amide bonds. The maximum Gasteiger partial charge on any atom is 0.251 e. The van der Waals surface area contributed by atoms with E-state index in [1.54, 1.807) is 37.3 Å². The molecule has 1 aliphatic heterocycles. The fourth-order valence-electron chi connectivity index (χ4n) is 4.12. The van der Waals surface area contributed by atoms with Gasteiger partial charge in [0.1, 0.15) is 25.5 Å². The first kappa shape index (κ1) is 23.0. The lowest BCUT2D eigenvalue weighted by molar-refractivity contribution is -0.123. The van der Waals surface area contributed by atoms with Crippen molar-refractivity contribution in [3.63, 3.8) is 0 Å². The van der Waals surface area contributed by atoms with Crippen molar-refractivity contribution >= 4 is 36.5 Å². The van der Waals surface area contributed by atoms with E-state index in [2.05, 4.69) is 16.0 Å². The standard InChI is InChI=1S/C26H24BFN4O2/c1-15(29)21-22(16-10-12-19(28)13-11-16)23(31-25(33)17-6-5-7-18(27)14-17)26(34)32-24(21)30-20-8-3-2-4-9-20/h2-14,22-23,29-30H,27H2,1H3,(H,31,33)(H,32,34). The number of amides is 2. The van der Waals surface area contributed by atoms with Crippen LogP contribution >= 0.6 is 0 Å². The Morgan fingerprint density at radius 2 is 1.74 bits per heavy atom. The van der Waals surface area contributed by atoms with E-state index in [-0.39, 0.29) is 5.71 Å². The average molecular weight is 454 g/mol. The first-order valence-electron chi connectivity index (χ1n) is 10.9. The van der Waals surface area contributed by atoms with Crippen LogP contribution in [0.4, 0.5) is 10.1 Å². The monoisotopic (exact) mass is 454 g/mol. The number of para-hydroxylation sites is 1. The van der Waals surface area contributed by atoms with Crippen LogP contribution in [0.3, 0.4) is 0 Å². The summed E-state index contributed by atoms with van der Waals surface area (Å²) in [5, 5.41) is 17.4. The molecule has 1 heterocycles. The number of hydrogen-bond acceptors (Lipinski definition) is 4. The van der Waals surface area contributed by atoms with Crippen LogP contribution in [0.25, 0.3) is 0 Å². The zero-order chi connectivity index (χ0) is 24.2. The summed E-state index contributed by atoms with van der Waals surface area (Å²) >= 11 is 0. The quantitative estimate of drug-likeness (QED) is 0.341. The molecule has 4 rings (SSSR count). The number of halogens is 1. The lowest BCUT2D eigenvalue weighted by Crippen LogP contribution is -2.55. The molecule has 0 radical (unpaired) electrons.